The number of carbonyl (C=O) groups excluding carboxylic acids is 5. The van der Waals surface area contributed by atoms with E-state index in [1.54, 1.807) is 54.6 Å². The molecule has 1 aliphatic heterocycles. The van der Waals surface area contributed by atoms with Crippen molar-refractivity contribution in [1.29, 1.82) is 0 Å². The van der Waals surface area contributed by atoms with Crippen molar-refractivity contribution in [1.82, 2.24) is 10.6 Å². The van der Waals surface area contributed by atoms with Gasteiger partial charge in [0.05, 0.1) is 19.1 Å². The molecule has 0 aromatic heterocycles. The Hall–Kier alpha value is -4.12. The first-order valence-electron chi connectivity index (χ1n) is 10.8. The van der Waals surface area contributed by atoms with Crippen molar-refractivity contribution in [3.8, 4) is 5.75 Å². The van der Waals surface area contributed by atoms with Crippen LogP contribution in [0.5, 0.6) is 5.75 Å². The number of hydrogen-bond donors (Lipinski definition) is 2. The lowest BCUT2D eigenvalue weighted by Crippen LogP contribution is -2.41. The second kappa shape index (κ2) is 12.5. The standard InChI is InChI=1S/C25H24N2O8S/c1-33-21(28)11-10-19(24(31)34-2)26-22(29)17-5-3-4-16(12-17)14-35-18-8-6-15(7-9-18)13-20-23(30)27-25(32)36-20/h3-9,12-13,19H,10-11,14H2,1-2H3,(H,26,29)(H,27,30,32)/b20-13-/t19-/m1/s1. The highest BCUT2D eigenvalue weighted by atomic mass is 32.2. The topological polar surface area (TPSA) is 137 Å². The van der Waals surface area contributed by atoms with Crippen LogP contribution in [0.1, 0.15) is 34.3 Å². The van der Waals surface area contributed by atoms with Gasteiger partial charge in [0, 0.05) is 12.0 Å². The maximum absolute atomic E-state index is 12.7. The fourth-order valence-electron chi connectivity index (χ4n) is 3.20. The number of thioether (sulfide) groups is 1. The average molecular weight is 513 g/mol. The monoisotopic (exact) mass is 512 g/mol. The quantitative estimate of drug-likeness (QED) is 0.364. The van der Waals surface area contributed by atoms with Crippen LogP contribution in [-0.4, -0.2) is 49.3 Å². The van der Waals surface area contributed by atoms with Crippen molar-refractivity contribution in [3.63, 3.8) is 0 Å². The van der Waals surface area contributed by atoms with Gasteiger partial charge in [0.15, 0.2) is 0 Å². The van der Waals surface area contributed by atoms with Gasteiger partial charge in [-0.25, -0.2) is 4.79 Å². The summed E-state index contributed by atoms with van der Waals surface area (Å²) in [5, 5.41) is 4.39. The number of esters is 2. The summed E-state index contributed by atoms with van der Waals surface area (Å²) < 4.78 is 15.1. The maximum Gasteiger partial charge on any atom is 0.328 e. The number of ether oxygens (including phenoxy) is 3. The molecule has 3 rings (SSSR count). The van der Waals surface area contributed by atoms with Crippen LogP contribution < -0.4 is 15.4 Å². The molecule has 0 spiro atoms. The van der Waals surface area contributed by atoms with Gasteiger partial charge >= 0.3 is 11.9 Å². The zero-order valence-corrected chi connectivity index (χ0v) is 20.4. The molecule has 0 saturated carbocycles. The van der Waals surface area contributed by atoms with Gasteiger partial charge in [0.2, 0.25) is 0 Å². The number of benzene rings is 2. The van der Waals surface area contributed by atoms with Crippen LogP contribution in [0.3, 0.4) is 0 Å². The predicted molar refractivity (Wildman–Crippen MR) is 131 cm³/mol. The number of rotatable bonds is 10. The fourth-order valence-corrected chi connectivity index (χ4v) is 3.88. The van der Waals surface area contributed by atoms with Gasteiger partial charge in [0.1, 0.15) is 18.4 Å². The first-order chi connectivity index (χ1) is 17.3. The Labute approximate surface area is 211 Å². The van der Waals surface area contributed by atoms with Crippen molar-refractivity contribution in [2.75, 3.05) is 14.2 Å². The highest BCUT2D eigenvalue weighted by Gasteiger charge is 2.25. The second-order valence-corrected chi connectivity index (χ2v) is 8.59. The molecule has 3 amide bonds. The zero-order chi connectivity index (χ0) is 26.1. The van der Waals surface area contributed by atoms with Crippen molar-refractivity contribution in [2.24, 2.45) is 0 Å². The molecule has 1 saturated heterocycles. The lowest BCUT2D eigenvalue weighted by Gasteiger charge is -2.16. The van der Waals surface area contributed by atoms with Gasteiger partial charge in [-0.15, -0.1) is 0 Å². The van der Waals surface area contributed by atoms with Crippen LogP contribution in [0, 0.1) is 0 Å². The molecular weight excluding hydrogens is 488 g/mol. The molecule has 1 heterocycles. The highest BCUT2D eigenvalue weighted by molar-refractivity contribution is 8.18. The zero-order valence-electron chi connectivity index (χ0n) is 19.6. The summed E-state index contributed by atoms with van der Waals surface area (Å²) in [4.78, 5) is 59.4. The third-order valence-corrected chi connectivity index (χ3v) is 5.88. The largest absolute Gasteiger partial charge is 0.489 e. The van der Waals surface area contributed by atoms with E-state index in [-0.39, 0.29) is 19.4 Å². The SMILES string of the molecule is COC(=O)CC[C@@H](NC(=O)c1cccc(COc2ccc(/C=C3\SC(=O)NC3=O)cc2)c1)C(=O)OC. The summed E-state index contributed by atoms with van der Waals surface area (Å²) in [7, 11) is 2.44. The molecule has 2 aromatic carbocycles. The lowest BCUT2D eigenvalue weighted by molar-refractivity contribution is -0.144. The number of carbonyl (C=O) groups is 5. The van der Waals surface area contributed by atoms with E-state index in [1.807, 2.05) is 0 Å². The molecule has 2 aromatic rings. The smallest absolute Gasteiger partial charge is 0.328 e. The summed E-state index contributed by atoms with van der Waals surface area (Å²) in [5.74, 6) is -1.51. The van der Waals surface area contributed by atoms with E-state index in [0.29, 0.717) is 16.2 Å². The minimum absolute atomic E-state index is 0.0419. The first-order valence-corrected chi connectivity index (χ1v) is 11.6. The summed E-state index contributed by atoms with van der Waals surface area (Å²) in [6, 6.07) is 12.7. The Balaban J connectivity index is 1.59. The number of amides is 3. The van der Waals surface area contributed by atoms with E-state index in [4.69, 9.17) is 9.47 Å². The van der Waals surface area contributed by atoms with Crippen LogP contribution >= 0.6 is 11.8 Å². The number of methoxy groups -OCH3 is 2. The highest BCUT2D eigenvalue weighted by Crippen LogP contribution is 2.26. The molecule has 0 radical (unpaired) electrons. The van der Waals surface area contributed by atoms with Gasteiger partial charge in [-0.05, 0) is 59.7 Å². The van der Waals surface area contributed by atoms with Crippen molar-refractivity contribution in [3.05, 3.63) is 70.1 Å². The second-order valence-electron chi connectivity index (χ2n) is 7.57. The van der Waals surface area contributed by atoms with Gasteiger partial charge in [-0.2, -0.15) is 0 Å². The lowest BCUT2D eigenvalue weighted by atomic mass is 10.1. The Morgan fingerprint density at radius 1 is 1.06 bits per heavy atom. The van der Waals surface area contributed by atoms with Crippen LogP contribution in [0.15, 0.2) is 53.4 Å². The summed E-state index contributed by atoms with van der Waals surface area (Å²) in [6.07, 6.45) is 1.61. The molecule has 188 valence electrons. The van der Waals surface area contributed by atoms with Gasteiger partial charge in [-0.1, -0.05) is 24.3 Å². The number of hydrogen-bond acceptors (Lipinski definition) is 9. The molecule has 36 heavy (non-hydrogen) atoms. The summed E-state index contributed by atoms with van der Waals surface area (Å²) >= 11 is 0.846. The van der Waals surface area contributed by atoms with Crippen molar-refractivity contribution < 1.29 is 38.2 Å². The van der Waals surface area contributed by atoms with E-state index >= 15 is 0 Å². The molecule has 0 bridgehead atoms. The van der Waals surface area contributed by atoms with Crippen LogP contribution in [0.2, 0.25) is 0 Å². The van der Waals surface area contributed by atoms with E-state index in [2.05, 4.69) is 15.4 Å². The Bertz CT molecular complexity index is 1190. The fraction of sp³-hybridized carbons (Fsp3) is 0.240. The summed E-state index contributed by atoms with van der Waals surface area (Å²) in [5.41, 5.74) is 1.77. The van der Waals surface area contributed by atoms with E-state index in [1.165, 1.54) is 14.2 Å². The third-order valence-electron chi connectivity index (χ3n) is 5.07. The Morgan fingerprint density at radius 3 is 2.44 bits per heavy atom. The van der Waals surface area contributed by atoms with E-state index < -0.39 is 35.0 Å². The Morgan fingerprint density at radius 2 is 1.81 bits per heavy atom. The maximum atomic E-state index is 12.7. The van der Waals surface area contributed by atoms with E-state index in [9.17, 15) is 24.0 Å². The van der Waals surface area contributed by atoms with Crippen LogP contribution in [-0.2, 0) is 30.5 Å². The number of imide groups is 1. The minimum atomic E-state index is -0.998. The first kappa shape index (κ1) is 26.5. The van der Waals surface area contributed by atoms with Crippen molar-refractivity contribution in [2.45, 2.75) is 25.5 Å². The molecular formula is C25H24N2O8S. The molecule has 1 atom stereocenters. The van der Waals surface area contributed by atoms with Gasteiger partial charge < -0.3 is 19.5 Å². The van der Waals surface area contributed by atoms with Gasteiger partial charge in [-0.3, -0.25) is 24.5 Å². The molecule has 0 aliphatic carbocycles. The molecule has 10 nitrogen and oxygen atoms in total. The Kier molecular flexibility index (Phi) is 9.23. The van der Waals surface area contributed by atoms with Gasteiger partial charge in [0.25, 0.3) is 17.1 Å². The third kappa shape index (κ3) is 7.44. The molecule has 11 heteroatoms. The molecule has 0 unspecified atom stereocenters. The minimum Gasteiger partial charge on any atom is -0.489 e. The normalized spacial score (nSPS) is 14.7. The predicted octanol–water partition coefficient (Wildman–Crippen LogP) is 2.81. The van der Waals surface area contributed by atoms with Crippen molar-refractivity contribution >= 4 is 46.8 Å². The number of nitrogens with one attached hydrogen (secondary N) is 2. The molecule has 1 fully saturated rings. The van der Waals surface area contributed by atoms with Crippen LogP contribution in [0.4, 0.5) is 4.79 Å². The molecule has 2 N–H and O–H groups in total. The molecule has 1 aliphatic rings. The van der Waals surface area contributed by atoms with Crippen LogP contribution in [0.25, 0.3) is 6.08 Å². The summed E-state index contributed by atoms with van der Waals surface area (Å²) in [6.45, 7) is 0.178. The average Bonchev–Trinajstić information content (AvgIpc) is 3.21. The van der Waals surface area contributed by atoms with E-state index in [0.717, 1.165) is 22.9 Å².